The van der Waals surface area contributed by atoms with Crippen LogP contribution in [0.15, 0.2) is 36.4 Å². The molecule has 0 bridgehead atoms. The van der Waals surface area contributed by atoms with Gasteiger partial charge in [0, 0.05) is 5.56 Å². The van der Waals surface area contributed by atoms with Crippen molar-refractivity contribution in [3.05, 3.63) is 42.0 Å². The summed E-state index contributed by atoms with van der Waals surface area (Å²) in [6, 6.07) is 10.6. The Bertz CT molecular complexity index is 621. The number of rotatable bonds is 0. The minimum absolute atomic E-state index is 0.201. The van der Waals surface area contributed by atoms with Crippen LogP contribution in [0.3, 0.4) is 0 Å². The lowest BCUT2D eigenvalue weighted by Gasteiger charge is -1.99. The predicted octanol–water partition coefficient (Wildman–Crippen LogP) is 1.38. The Hall–Kier alpha value is -2.47. The van der Waals surface area contributed by atoms with E-state index >= 15 is 0 Å². The van der Waals surface area contributed by atoms with E-state index < -0.39 is 5.91 Å². The molecule has 2 rings (SSSR count). The van der Waals surface area contributed by atoms with E-state index in [1.165, 1.54) is 0 Å². The van der Waals surface area contributed by atoms with Gasteiger partial charge in [0.2, 0.25) is 0 Å². The number of amides is 1. The molecule has 0 aliphatic heterocycles. The van der Waals surface area contributed by atoms with Crippen molar-refractivity contribution in [2.75, 3.05) is 0 Å². The molecule has 0 aromatic heterocycles. The zero-order valence-electron chi connectivity index (χ0n) is 8.40. The van der Waals surface area contributed by atoms with Crippen LogP contribution in [0.1, 0.15) is 5.56 Å². The van der Waals surface area contributed by atoms with E-state index in [0.29, 0.717) is 5.56 Å². The van der Waals surface area contributed by atoms with E-state index in [-0.39, 0.29) is 5.75 Å². The first kappa shape index (κ1) is 10.1. The second kappa shape index (κ2) is 3.95. The Kier molecular flexibility index (Phi) is 2.49. The fraction of sp³-hybridized carbons (Fsp3) is 0. The van der Waals surface area contributed by atoms with E-state index in [9.17, 15) is 9.90 Å². The Labute approximate surface area is 92.5 Å². The molecule has 0 aliphatic rings. The predicted molar refractivity (Wildman–Crippen MR) is 61.7 cm³/mol. The van der Waals surface area contributed by atoms with Gasteiger partial charge < -0.3 is 10.8 Å². The van der Waals surface area contributed by atoms with Crippen molar-refractivity contribution in [3.8, 4) is 17.6 Å². The SMILES string of the molecule is NC(=O)C#Cc1ccc2ccc(O)cc2c1. The zero-order chi connectivity index (χ0) is 11.5. The topological polar surface area (TPSA) is 63.3 Å². The normalized spacial score (nSPS) is 9.50. The van der Waals surface area contributed by atoms with E-state index in [2.05, 4.69) is 11.8 Å². The largest absolute Gasteiger partial charge is 0.508 e. The van der Waals surface area contributed by atoms with Crippen molar-refractivity contribution in [2.45, 2.75) is 0 Å². The van der Waals surface area contributed by atoms with Gasteiger partial charge in [0.1, 0.15) is 5.75 Å². The van der Waals surface area contributed by atoms with Gasteiger partial charge in [0.05, 0.1) is 0 Å². The highest BCUT2D eigenvalue weighted by Crippen LogP contribution is 2.20. The van der Waals surface area contributed by atoms with E-state index in [0.717, 1.165) is 10.8 Å². The van der Waals surface area contributed by atoms with Crippen molar-refractivity contribution in [3.63, 3.8) is 0 Å². The van der Waals surface area contributed by atoms with Crippen LogP contribution < -0.4 is 5.73 Å². The minimum Gasteiger partial charge on any atom is -0.508 e. The van der Waals surface area contributed by atoms with Gasteiger partial charge in [-0.1, -0.05) is 18.1 Å². The molecule has 0 saturated carbocycles. The summed E-state index contributed by atoms with van der Waals surface area (Å²) >= 11 is 0. The third kappa shape index (κ3) is 2.12. The summed E-state index contributed by atoms with van der Waals surface area (Å²) in [7, 11) is 0. The Balaban J connectivity index is 2.52. The fourth-order valence-corrected chi connectivity index (χ4v) is 1.45. The summed E-state index contributed by atoms with van der Waals surface area (Å²) in [5.41, 5.74) is 5.62. The van der Waals surface area contributed by atoms with Crippen LogP contribution in [-0.4, -0.2) is 11.0 Å². The highest BCUT2D eigenvalue weighted by Gasteiger charge is 1.96. The van der Waals surface area contributed by atoms with Gasteiger partial charge in [-0.05, 0) is 41.0 Å². The average molecular weight is 211 g/mol. The Morgan fingerprint density at radius 2 is 1.88 bits per heavy atom. The second-order valence-electron chi connectivity index (χ2n) is 3.36. The molecule has 0 unspecified atom stereocenters. The number of benzene rings is 2. The molecule has 0 fully saturated rings. The van der Waals surface area contributed by atoms with Crippen molar-refractivity contribution >= 4 is 16.7 Å². The fourth-order valence-electron chi connectivity index (χ4n) is 1.45. The summed E-state index contributed by atoms with van der Waals surface area (Å²) in [5.74, 6) is 4.46. The number of phenols is 1. The molecular weight excluding hydrogens is 202 g/mol. The first-order valence-electron chi connectivity index (χ1n) is 4.69. The van der Waals surface area contributed by atoms with Crippen molar-refractivity contribution in [2.24, 2.45) is 5.73 Å². The molecule has 3 N–H and O–H groups in total. The summed E-state index contributed by atoms with van der Waals surface area (Å²) in [6.45, 7) is 0. The highest BCUT2D eigenvalue weighted by molar-refractivity contribution is 5.93. The molecule has 3 nitrogen and oxygen atoms in total. The summed E-state index contributed by atoms with van der Waals surface area (Å²) in [4.78, 5) is 10.5. The van der Waals surface area contributed by atoms with Crippen molar-refractivity contribution in [1.29, 1.82) is 0 Å². The number of primary amides is 1. The van der Waals surface area contributed by atoms with Crippen LogP contribution in [0.5, 0.6) is 5.75 Å². The maximum absolute atomic E-state index is 10.5. The van der Waals surface area contributed by atoms with Gasteiger partial charge in [-0.2, -0.15) is 0 Å². The standard InChI is InChI=1S/C13H9NO2/c14-13(16)6-2-9-1-3-10-4-5-12(15)8-11(10)7-9/h1,3-5,7-8,15H,(H2,14,16). The van der Waals surface area contributed by atoms with Gasteiger partial charge in [0.25, 0.3) is 5.91 Å². The van der Waals surface area contributed by atoms with Gasteiger partial charge in [-0.15, -0.1) is 0 Å². The Morgan fingerprint density at radius 3 is 2.62 bits per heavy atom. The number of phenolic OH excluding ortho intramolecular Hbond substituents is 1. The summed E-state index contributed by atoms with van der Waals surface area (Å²) in [6.07, 6.45) is 0. The lowest BCUT2D eigenvalue weighted by atomic mass is 10.1. The minimum atomic E-state index is -0.656. The molecule has 0 saturated heterocycles. The molecule has 2 aromatic carbocycles. The van der Waals surface area contributed by atoms with Crippen molar-refractivity contribution in [1.82, 2.24) is 0 Å². The molecule has 16 heavy (non-hydrogen) atoms. The molecule has 3 heteroatoms. The van der Waals surface area contributed by atoms with E-state index in [4.69, 9.17) is 5.73 Å². The molecule has 0 aliphatic carbocycles. The smallest absolute Gasteiger partial charge is 0.293 e. The second-order valence-corrected chi connectivity index (χ2v) is 3.36. The number of carbonyl (C=O) groups is 1. The molecule has 0 radical (unpaired) electrons. The van der Waals surface area contributed by atoms with Gasteiger partial charge >= 0.3 is 0 Å². The first-order chi connectivity index (χ1) is 7.65. The van der Waals surface area contributed by atoms with Crippen LogP contribution in [-0.2, 0) is 4.79 Å². The molecule has 0 spiro atoms. The van der Waals surface area contributed by atoms with Crippen LogP contribution in [0, 0.1) is 11.8 Å². The number of nitrogens with two attached hydrogens (primary N) is 1. The monoisotopic (exact) mass is 211 g/mol. The van der Waals surface area contributed by atoms with Crippen LogP contribution >= 0.6 is 0 Å². The summed E-state index contributed by atoms with van der Waals surface area (Å²) in [5, 5.41) is 11.2. The average Bonchev–Trinajstić information content (AvgIpc) is 2.25. The van der Waals surface area contributed by atoms with Gasteiger partial charge in [0.15, 0.2) is 0 Å². The van der Waals surface area contributed by atoms with Gasteiger partial charge in [-0.25, -0.2) is 0 Å². The number of hydrogen-bond acceptors (Lipinski definition) is 2. The third-order valence-electron chi connectivity index (χ3n) is 2.15. The maximum Gasteiger partial charge on any atom is 0.293 e. The number of carbonyl (C=O) groups excluding carboxylic acids is 1. The van der Waals surface area contributed by atoms with E-state index in [1.54, 1.807) is 24.3 Å². The number of hydrogen-bond donors (Lipinski definition) is 2. The molecule has 2 aromatic rings. The lowest BCUT2D eigenvalue weighted by Crippen LogP contribution is -2.06. The number of fused-ring (bicyclic) bond motifs is 1. The van der Waals surface area contributed by atoms with E-state index in [1.807, 2.05) is 12.1 Å². The van der Waals surface area contributed by atoms with Crippen LogP contribution in [0.2, 0.25) is 0 Å². The van der Waals surface area contributed by atoms with Gasteiger partial charge in [-0.3, -0.25) is 4.79 Å². The highest BCUT2D eigenvalue weighted by atomic mass is 16.3. The first-order valence-corrected chi connectivity index (χ1v) is 4.69. The maximum atomic E-state index is 10.5. The Morgan fingerprint density at radius 1 is 1.12 bits per heavy atom. The molecule has 1 amide bonds. The molecule has 0 heterocycles. The van der Waals surface area contributed by atoms with Crippen LogP contribution in [0.25, 0.3) is 10.8 Å². The lowest BCUT2D eigenvalue weighted by molar-refractivity contribution is -0.112. The van der Waals surface area contributed by atoms with Crippen molar-refractivity contribution < 1.29 is 9.90 Å². The molecule has 0 atom stereocenters. The van der Waals surface area contributed by atoms with Crippen LogP contribution in [0.4, 0.5) is 0 Å². The summed E-state index contributed by atoms with van der Waals surface area (Å²) < 4.78 is 0. The molecular formula is C13H9NO2. The quantitative estimate of drug-likeness (QED) is 0.646. The zero-order valence-corrected chi connectivity index (χ0v) is 8.40. The number of aromatic hydroxyl groups is 1. The molecule has 78 valence electrons. The third-order valence-corrected chi connectivity index (χ3v) is 2.15.